The van der Waals surface area contributed by atoms with E-state index in [1.165, 1.54) is 0 Å². The van der Waals surface area contributed by atoms with Gasteiger partial charge in [0.2, 0.25) is 0 Å². The molecule has 0 atom stereocenters. The SMILES string of the molecule is [Cu].[NaH].[NaH].[NaH].[NaH].[Ni]. The first-order chi connectivity index (χ1) is 0. The van der Waals surface area contributed by atoms with E-state index in [1.54, 1.807) is 0 Å². The van der Waals surface area contributed by atoms with Crippen LogP contribution in [0.2, 0.25) is 0 Å². The molecule has 0 fully saturated rings. The molecular formula is H4CuNa4Ni. The van der Waals surface area contributed by atoms with Crippen LogP contribution in [0.3, 0.4) is 0 Å². The minimum atomic E-state index is 0. The van der Waals surface area contributed by atoms with Gasteiger partial charge < -0.3 is 0 Å². The topological polar surface area (TPSA) is 0 Å². The van der Waals surface area contributed by atoms with Gasteiger partial charge in [-0.3, -0.25) is 0 Å². The number of hydrogen-bond donors (Lipinski definition) is 0. The molecule has 0 spiro atoms. The van der Waals surface area contributed by atoms with Crippen LogP contribution in [0, 0.1) is 0 Å². The summed E-state index contributed by atoms with van der Waals surface area (Å²) >= 11 is 0. The minimum absolute atomic E-state index is 0. The normalized spacial score (nSPS) is 0. The van der Waals surface area contributed by atoms with Crippen molar-refractivity contribution in [2.75, 3.05) is 0 Å². The molecule has 1 radical (unpaired) electrons. The first kappa shape index (κ1) is 43.9. The van der Waals surface area contributed by atoms with Gasteiger partial charge in [-0.1, -0.05) is 0 Å². The van der Waals surface area contributed by atoms with Gasteiger partial charge in [-0.05, 0) is 0 Å². The molecule has 0 unspecified atom stereocenters. The first-order valence-corrected chi connectivity index (χ1v) is 0. The van der Waals surface area contributed by atoms with E-state index in [4.69, 9.17) is 0 Å². The van der Waals surface area contributed by atoms with Gasteiger partial charge in [0.25, 0.3) is 0 Å². The molecule has 0 bridgehead atoms. The second-order valence-corrected chi connectivity index (χ2v) is 0. The van der Waals surface area contributed by atoms with Crippen LogP contribution in [0.5, 0.6) is 0 Å². The van der Waals surface area contributed by atoms with Crippen LogP contribution in [0.15, 0.2) is 0 Å². The third kappa shape index (κ3) is 23.0. The Bertz CT molecular complexity index is 7.51. The molecule has 6 heavy (non-hydrogen) atoms. The smallest absolute Gasteiger partial charge is 0 e. The van der Waals surface area contributed by atoms with Gasteiger partial charge in [-0.15, -0.1) is 0 Å². The summed E-state index contributed by atoms with van der Waals surface area (Å²) < 4.78 is 0. The molecule has 0 aromatic carbocycles. The monoisotopic (exact) mass is 217 g/mol. The van der Waals surface area contributed by atoms with Crippen LogP contribution in [0.1, 0.15) is 0 Å². The molecule has 0 aliphatic heterocycles. The molecule has 0 aromatic heterocycles. The minimum Gasteiger partial charge on any atom is 0 e. The van der Waals surface area contributed by atoms with Gasteiger partial charge in [0.1, 0.15) is 0 Å². The standard InChI is InChI=1S/Cu.4Na.Ni.4H. The van der Waals surface area contributed by atoms with Crippen molar-refractivity contribution in [3.63, 3.8) is 0 Å². The van der Waals surface area contributed by atoms with Gasteiger partial charge in [-0.25, -0.2) is 0 Å². The maximum Gasteiger partial charge on any atom is 0 e. The van der Waals surface area contributed by atoms with Crippen LogP contribution in [-0.4, -0.2) is 118 Å². The molecule has 0 saturated heterocycles. The van der Waals surface area contributed by atoms with E-state index in [0.717, 1.165) is 0 Å². The van der Waals surface area contributed by atoms with Gasteiger partial charge in [0, 0.05) is 33.6 Å². The maximum absolute atomic E-state index is 0. The third-order valence-corrected chi connectivity index (χ3v) is 0. The van der Waals surface area contributed by atoms with Crippen LogP contribution in [0.25, 0.3) is 0 Å². The summed E-state index contributed by atoms with van der Waals surface area (Å²) in [6.07, 6.45) is 0. The van der Waals surface area contributed by atoms with E-state index < -0.39 is 0 Å². The van der Waals surface area contributed by atoms with E-state index in [2.05, 4.69) is 0 Å². The molecule has 0 nitrogen and oxygen atoms in total. The molecule has 0 aliphatic rings. The Morgan fingerprint density at radius 3 is 0.500 bits per heavy atom. The molecular weight excluding hydrogens is 214 g/mol. The molecule has 29 valence electrons. The van der Waals surface area contributed by atoms with Crippen molar-refractivity contribution >= 4 is 118 Å². The quantitative estimate of drug-likeness (QED) is 0.391. The van der Waals surface area contributed by atoms with Gasteiger partial charge in [0.15, 0.2) is 0 Å². The summed E-state index contributed by atoms with van der Waals surface area (Å²) in [5.74, 6) is 0. The molecule has 0 aromatic rings. The Labute approximate surface area is 148 Å². The van der Waals surface area contributed by atoms with Crippen LogP contribution in [-0.2, 0) is 33.6 Å². The van der Waals surface area contributed by atoms with E-state index in [0.29, 0.717) is 0 Å². The van der Waals surface area contributed by atoms with E-state index in [-0.39, 0.29) is 152 Å². The summed E-state index contributed by atoms with van der Waals surface area (Å²) in [4.78, 5) is 0. The maximum atomic E-state index is 0. The fourth-order valence-electron chi connectivity index (χ4n) is 0. The zero-order valence-corrected chi connectivity index (χ0v) is 2.55. The summed E-state index contributed by atoms with van der Waals surface area (Å²) in [5.41, 5.74) is 0. The Kier molecular flexibility index (Phi) is 237. The zero-order chi connectivity index (χ0) is 0. The summed E-state index contributed by atoms with van der Waals surface area (Å²) in [5, 5.41) is 0. The first-order valence-electron chi connectivity index (χ1n) is 0. The Morgan fingerprint density at radius 2 is 0.500 bits per heavy atom. The molecule has 0 amide bonds. The van der Waals surface area contributed by atoms with Gasteiger partial charge in [-0.2, -0.15) is 0 Å². The summed E-state index contributed by atoms with van der Waals surface area (Å²) in [7, 11) is 0. The van der Waals surface area contributed by atoms with Crippen molar-refractivity contribution in [1.82, 2.24) is 0 Å². The van der Waals surface area contributed by atoms with E-state index >= 15 is 0 Å². The fourth-order valence-corrected chi connectivity index (χ4v) is 0. The fraction of sp³-hybridized carbons (Fsp3) is 0. The van der Waals surface area contributed by atoms with Gasteiger partial charge in [0.05, 0.1) is 0 Å². The molecule has 0 rings (SSSR count). The van der Waals surface area contributed by atoms with E-state index in [9.17, 15) is 0 Å². The summed E-state index contributed by atoms with van der Waals surface area (Å²) in [6.45, 7) is 0. The molecule has 0 N–H and O–H groups in total. The average Bonchev–Trinajstić information content (AvgIpc) is 0. The Morgan fingerprint density at radius 1 is 0.500 bits per heavy atom. The Balaban J connectivity index is 0. The number of rotatable bonds is 0. The second kappa shape index (κ2) is 32.4. The van der Waals surface area contributed by atoms with Crippen molar-refractivity contribution < 1.29 is 33.6 Å². The van der Waals surface area contributed by atoms with E-state index in [1.807, 2.05) is 0 Å². The van der Waals surface area contributed by atoms with Gasteiger partial charge >= 0.3 is 118 Å². The summed E-state index contributed by atoms with van der Waals surface area (Å²) in [6, 6.07) is 0. The Hall–Kier alpha value is 5.01. The number of hydrogen-bond acceptors (Lipinski definition) is 0. The molecule has 6 heteroatoms. The van der Waals surface area contributed by atoms with Crippen molar-refractivity contribution in [1.29, 1.82) is 0 Å². The van der Waals surface area contributed by atoms with Crippen molar-refractivity contribution in [2.24, 2.45) is 0 Å². The zero-order valence-electron chi connectivity index (χ0n) is 0.618. The van der Waals surface area contributed by atoms with Crippen LogP contribution in [0.4, 0.5) is 0 Å². The van der Waals surface area contributed by atoms with Crippen molar-refractivity contribution in [3.05, 3.63) is 0 Å². The largest absolute Gasteiger partial charge is 0 e. The van der Waals surface area contributed by atoms with Crippen molar-refractivity contribution in [3.8, 4) is 0 Å². The van der Waals surface area contributed by atoms with Crippen LogP contribution < -0.4 is 0 Å². The molecule has 0 saturated carbocycles. The van der Waals surface area contributed by atoms with Crippen molar-refractivity contribution in [2.45, 2.75) is 0 Å². The second-order valence-electron chi connectivity index (χ2n) is 0. The third-order valence-electron chi connectivity index (χ3n) is 0. The predicted octanol–water partition coefficient (Wildman–Crippen LogP) is -2.60. The molecule has 0 aliphatic carbocycles. The van der Waals surface area contributed by atoms with Crippen LogP contribution >= 0.6 is 0 Å². The predicted molar refractivity (Wildman–Crippen MR) is 28.6 cm³/mol. The molecule has 0 heterocycles. The average molecular weight is 218 g/mol.